The predicted octanol–water partition coefficient (Wildman–Crippen LogP) is 3.46. The molecule has 116 valence electrons. The quantitative estimate of drug-likeness (QED) is 0.942. The fourth-order valence-corrected chi connectivity index (χ4v) is 3.54. The van der Waals surface area contributed by atoms with E-state index in [0.717, 1.165) is 36.7 Å². The van der Waals surface area contributed by atoms with Gasteiger partial charge in [0.05, 0.1) is 0 Å². The number of aromatic nitrogens is 2. The predicted molar refractivity (Wildman–Crippen MR) is 90.3 cm³/mol. The van der Waals surface area contributed by atoms with Crippen LogP contribution in [0.4, 0.5) is 0 Å². The molecular weight excluding hydrogens is 270 g/mol. The van der Waals surface area contributed by atoms with Crippen molar-refractivity contribution < 1.29 is 0 Å². The van der Waals surface area contributed by atoms with Crippen LogP contribution in [0.3, 0.4) is 0 Å². The van der Waals surface area contributed by atoms with Crippen molar-refractivity contribution >= 4 is 0 Å². The monoisotopic (exact) mass is 295 g/mol. The lowest BCUT2D eigenvalue weighted by Gasteiger charge is -2.25. The van der Waals surface area contributed by atoms with E-state index in [1.165, 1.54) is 29.5 Å². The number of rotatable bonds is 3. The first-order valence-electron chi connectivity index (χ1n) is 8.24. The summed E-state index contributed by atoms with van der Waals surface area (Å²) in [6.07, 6.45) is 3.31. The van der Waals surface area contributed by atoms with Crippen molar-refractivity contribution in [1.82, 2.24) is 15.3 Å². The lowest BCUT2D eigenvalue weighted by molar-refractivity contribution is 0.456. The van der Waals surface area contributed by atoms with Crippen LogP contribution in [0.15, 0.2) is 24.3 Å². The number of aryl methyl sites for hydroxylation is 3. The summed E-state index contributed by atoms with van der Waals surface area (Å²) in [5, 5.41) is 3.49. The van der Waals surface area contributed by atoms with Crippen molar-refractivity contribution in [2.24, 2.45) is 0 Å². The van der Waals surface area contributed by atoms with Crippen LogP contribution in [0.5, 0.6) is 0 Å². The number of nitrogens with zero attached hydrogens (tertiary/aromatic N) is 2. The highest BCUT2D eigenvalue weighted by Gasteiger charge is 2.21. The SMILES string of the molecule is Cc1ccccc1Cc1nc(C)c(C2CCCNC2)c(C)n1. The van der Waals surface area contributed by atoms with Gasteiger partial charge in [0, 0.05) is 24.4 Å². The molecule has 1 aliphatic rings. The molecule has 1 N–H and O–H groups in total. The molecule has 1 aromatic carbocycles. The van der Waals surface area contributed by atoms with E-state index in [4.69, 9.17) is 9.97 Å². The number of piperidine rings is 1. The Morgan fingerprint density at radius 3 is 2.45 bits per heavy atom. The fraction of sp³-hybridized carbons (Fsp3) is 0.474. The maximum Gasteiger partial charge on any atom is 0.133 e. The van der Waals surface area contributed by atoms with E-state index in [9.17, 15) is 0 Å². The van der Waals surface area contributed by atoms with Gasteiger partial charge in [-0.25, -0.2) is 9.97 Å². The molecule has 22 heavy (non-hydrogen) atoms. The first kappa shape index (κ1) is 15.2. The lowest BCUT2D eigenvalue weighted by atomic mass is 9.89. The molecule has 1 unspecified atom stereocenters. The molecule has 1 saturated heterocycles. The molecule has 0 amide bonds. The van der Waals surface area contributed by atoms with Crippen LogP contribution >= 0.6 is 0 Å². The third-order valence-corrected chi connectivity index (χ3v) is 4.69. The topological polar surface area (TPSA) is 37.8 Å². The standard InChI is InChI=1S/C19H25N3/c1-13-7-4-5-8-16(13)11-18-21-14(2)19(15(3)22-18)17-9-6-10-20-12-17/h4-5,7-8,17,20H,6,9-12H2,1-3H3. The van der Waals surface area contributed by atoms with Crippen molar-refractivity contribution in [2.45, 2.75) is 46.0 Å². The van der Waals surface area contributed by atoms with Crippen LogP contribution in [-0.4, -0.2) is 23.1 Å². The molecule has 0 bridgehead atoms. The average Bonchev–Trinajstić information content (AvgIpc) is 2.50. The molecule has 2 heterocycles. The van der Waals surface area contributed by atoms with E-state index in [-0.39, 0.29) is 0 Å². The summed E-state index contributed by atoms with van der Waals surface area (Å²) in [6, 6.07) is 8.49. The van der Waals surface area contributed by atoms with Gasteiger partial charge in [0.2, 0.25) is 0 Å². The summed E-state index contributed by atoms with van der Waals surface area (Å²) < 4.78 is 0. The lowest BCUT2D eigenvalue weighted by Crippen LogP contribution is -2.29. The fourth-order valence-electron chi connectivity index (χ4n) is 3.54. The van der Waals surface area contributed by atoms with Crippen LogP contribution in [0.1, 0.15) is 52.7 Å². The average molecular weight is 295 g/mol. The van der Waals surface area contributed by atoms with E-state index in [2.05, 4.69) is 50.4 Å². The third-order valence-electron chi connectivity index (χ3n) is 4.69. The van der Waals surface area contributed by atoms with Gasteiger partial charge in [0.25, 0.3) is 0 Å². The van der Waals surface area contributed by atoms with E-state index in [0.29, 0.717) is 5.92 Å². The zero-order chi connectivity index (χ0) is 15.5. The molecule has 0 spiro atoms. The summed E-state index contributed by atoms with van der Waals surface area (Å²) in [4.78, 5) is 9.61. The number of hydrogen-bond acceptors (Lipinski definition) is 3. The third kappa shape index (κ3) is 3.20. The van der Waals surface area contributed by atoms with Gasteiger partial charge in [-0.2, -0.15) is 0 Å². The summed E-state index contributed by atoms with van der Waals surface area (Å²) in [6.45, 7) is 8.63. The van der Waals surface area contributed by atoms with Gasteiger partial charge < -0.3 is 5.32 Å². The molecular formula is C19H25N3. The van der Waals surface area contributed by atoms with Crippen molar-refractivity contribution in [3.63, 3.8) is 0 Å². The second-order valence-corrected chi connectivity index (χ2v) is 6.37. The van der Waals surface area contributed by atoms with Gasteiger partial charge in [-0.15, -0.1) is 0 Å². The van der Waals surface area contributed by atoms with E-state index < -0.39 is 0 Å². The minimum atomic E-state index is 0.571. The van der Waals surface area contributed by atoms with E-state index in [1.54, 1.807) is 0 Å². The number of nitrogens with one attached hydrogen (secondary N) is 1. The molecule has 0 aliphatic carbocycles. The first-order chi connectivity index (χ1) is 10.6. The van der Waals surface area contributed by atoms with Crippen LogP contribution < -0.4 is 5.32 Å². The Labute approximate surface area is 133 Å². The molecule has 1 aliphatic heterocycles. The molecule has 1 atom stereocenters. The Balaban J connectivity index is 1.87. The van der Waals surface area contributed by atoms with Crippen LogP contribution in [0.25, 0.3) is 0 Å². The molecule has 3 rings (SSSR count). The van der Waals surface area contributed by atoms with Gasteiger partial charge in [-0.05, 0) is 62.8 Å². The smallest absolute Gasteiger partial charge is 0.133 e. The second kappa shape index (κ2) is 6.57. The first-order valence-corrected chi connectivity index (χ1v) is 8.24. The normalized spacial score (nSPS) is 18.4. The molecule has 3 nitrogen and oxygen atoms in total. The van der Waals surface area contributed by atoms with E-state index >= 15 is 0 Å². The molecule has 2 aromatic rings. The highest BCUT2D eigenvalue weighted by atomic mass is 14.9. The second-order valence-electron chi connectivity index (χ2n) is 6.37. The Kier molecular flexibility index (Phi) is 4.53. The van der Waals surface area contributed by atoms with Gasteiger partial charge in [0.15, 0.2) is 0 Å². The molecule has 0 radical (unpaired) electrons. The maximum atomic E-state index is 4.81. The minimum Gasteiger partial charge on any atom is -0.316 e. The summed E-state index contributed by atoms with van der Waals surface area (Å²) in [5.74, 6) is 1.51. The summed E-state index contributed by atoms with van der Waals surface area (Å²) in [7, 11) is 0. The molecule has 1 fully saturated rings. The van der Waals surface area contributed by atoms with Gasteiger partial charge in [-0.3, -0.25) is 0 Å². The molecule has 0 saturated carbocycles. The Morgan fingerprint density at radius 1 is 1.09 bits per heavy atom. The largest absolute Gasteiger partial charge is 0.316 e. The van der Waals surface area contributed by atoms with Gasteiger partial charge in [0.1, 0.15) is 5.82 Å². The molecule has 3 heteroatoms. The van der Waals surface area contributed by atoms with Crippen LogP contribution in [0.2, 0.25) is 0 Å². The zero-order valence-electron chi connectivity index (χ0n) is 13.8. The zero-order valence-corrected chi connectivity index (χ0v) is 13.8. The highest BCUT2D eigenvalue weighted by Crippen LogP contribution is 2.27. The Bertz CT molecular complexity index is 634. The van der Waals surface area contributed by atoms with Gasteiger partial charge >= 0.3 is 0 Å². The minimum absolute atomic E-state index is 0.571. The molecule has 1 aromatic heterocycles. The number of hydrogen-bond donors (Lipinski definition) is 1. The van der Waals surface area contributed by atoms with Crippen molar-refractivity contribution in [3.8, 4) is 0 Å². The Hall–Kier alpha value is -1.74. The summed E-state index contributed by atoms with van der Waals surface area (Å²) in [5.41, 5.74) is 6.30. The van der Waals surface area contributed by atoms with Crippen molar-refractivity contribution in [2.75, 3.05) is 13.1 Å². The maximum absolute atomic E-state index is 4.81. The van der Waals surface area contributed by atoms with Crippen LogP contribution in [-0.2, 0) is 6.42 Å². The number of benzene rings is 1. The van der Waals surface area contributed by atoms with E-state index in [1.807, 2.05) is 0 Å². The van der Waals surface area contributed by atoms with Crippen molar-refractivity contribution in [1.29, 1.82) is 0 Å². The highest BCUT2D eigenvalue weighted by molar-refractivity contribution is 5.32. The van der Waals surface area contributed by atoms with Crippen molar-refractivity contribution in [3.05, 3.63) is 58.2 Å². The van der Waals surface area contributed by atoms with Crippen LogP contribution in [0, 0.1) is 20.8 Å². The van der Waals surface area contributed by atoms with Gasteiger partial charge in [-0.1, -0.05) is 24.3 Å². The Morgan fingerprint density at radius 2 is 1.82 bits per heavy atom. The summed E-state index contributed by atoms with van der Waals surface area (Å²) >= 11 is 0.